The summed E-state index contributed by atoms with van der Waals surface area (Å²) in [6, 6.07) is 6.55. The lowest BCUT2D eigenvalue weighted by Crippen LogP contribution is -2.46. The molecule has 1 heterocycles. The third-order valence-corrected chi connectivity index (χ3v) is 5.12. The summed E-state index contributed by atoms with van der Waals surface area (Å²) in [5.41, 5.74) is 4.49. The van der Waals surface area contributed by atoms with Gasteiger partial charge in [0.1, 0.15) is 0 Å². The predicted molar refractivity (Wildman–Crippen MR) is 111 cm³/mol. The van der Waals surface area contributed by atoms with Crippen LogP contribution in [0.25, 0.3) is 17.3 Å². The van der Waals surface area contributed by atoms with E-state index in [-0.39, 0.29) is 0 Å². The van der Waals surface area contributed by atoms with E-state index in [0.29, 0.717) is 0 Å². The van der Waals surface area contributed by atoms with Gasteiger partial charge in [-0.25, -0.2) is 0 Å². The van der Waals surface area contributed by atoms with Gasteiger partial charge in [-0.05, 0) is 55.5 Å². The normalized spacial score (nSPS) is 18.2. The standard InChI is InChI=1S/C22H33N3/c1-7-20-8-9-21(16-22(20)18(4)17(2)3)19(5)23-10-11-25-14-12-24(6)13-15-25/h7-9,16,23H,2,5,10-15H2,1,3-4,6H3/b20-7+,22-18-. The Kier molecular flexibility index (Phi) is 7.03. The van der Waals surface area contributed by atoms with Crippen molar-refractivity contribution in [2.45, 2.75) is 20.8 Å². The smallest absolute Gasteiger partial charge is 0.0341 e. The van der Waals surface area contributed by atoms with Gasteiger partial charge in [0, 0.05) is 45.0 Å². The van der Waals surface area contributed by atoms with Gasteiger partial charge in [-0.2, -0.15) is 0 Å². The summed E-state index contributed by atoms with van der Waals surface area (Å²) in [5, 5.41) is 5.99. The molecular weight excluding hydrogens is 306 g/mol. The van der Waals surface area contributed by atoms with E-state index in [4.69, 9.17) is 0 Å². The van der Waals surface area contributed by atoms with E-state index in [0.717, 1.165) is 56.1 Å². The Morgan fingerprint density at radius 3 is 2.44 bits per heavy atom. The van der Waals surface area contributed by atoms with Gasteiger partial charge >= 0.3 is 0 Å². The molecule has 1 N–H and O–H groups in total. The molecular formula is C22H33N3. The first-order valence-electron chi connectivity index (χ1n) is 9.19. The molecule has 0 aliphatic carbocycles. The summed E-state index contributed by atoms with van der Waals surface area (Å²) >= 11 is 0. The minimum absolute atomic E-state index is 0.933. The lowest BCUT2D eigenvalue weighted by atomic mass is 10.0. The minimum Gasteiger partial charge on any atom is -0.384 e. The van der Waals surface area contributed by atoms with E-state index in [9.17, 15) is 0 Å². The van der Waals surface area contributed by atoms with E-state index in [2.05, 4.69) is 80.4 Å². The molecule has 25 heavy (non-hydrogen) atoms. The van der Waals surface area contributed by atoms with Crippen molar-refractivity contribution in [3.05, 3.63) is 52.9 Å². The SMILES string of the molecule is C=C(C)/C(C)=c1/cc(C(=C)NCCN2CCN(C)CC2)cc/c1=C\C. The summed E-state index contributed by atoms with van der Waals surface area (Å²) in [6.07, 6.45) is 2.15. The Hall–Kier alpha value is -1.84. The molecule has 0 aromatic heterocycles. The van der Waals surface area contributed by atoms with Gasteiger partial charge in [-0.15, -0.1) is 0 Å². The molecule has 3 nitrogen and oxygen atoms in total. The topological polar surface area (TPSA) is 18.5 Å². The molecule has 0 radical (unpaired) electrons. The van der Waals surface area contributed by atoms with Gasteiger partial charge < -0.3 is 10.2 Å². The first-order valence-corrected chi connectivity index (χ1v) is 9.19. The minimum atomic E-state index is 0.933. The molecule has 2 rings (SSSR count). The van der Waals surface area contributed by atoms with Crippen LogP contribution in [0.1, 0.15) is 26.3 Å². The summed E-state index contributed by atoms with van der Waals surface area (Å²) in [4.78, 5) is 4.90. The maximum Gasteiger partial charge on any atom is 0.0341 e. The van der Waals surface area contributed by atoms with Gasteiger partial charge in [-0.3, -0.25) is 4.90 Å². The van der Waals surface area contributed by atoms with Crippen LogP contribution in [0.15, 0.2) is 36.9 Å². The molecule has 0 saturated carbocycles. The molecule has 1 aliphatic heterocycles. The predicted octanol–water partition coefficient (Wildman–Crippen LogP) is 2.04. The molecule has 0 bridgehead atoms. The first kappa shape index (κ1) is 19.5. The first-order chi connectivity index (χ1) is 11.9. The van der Waals surface area contributed by atoms with Crippen LogP contribution in [-0.4, -0.2) is 56.1 Å². The fourth-order valence-electron chi connectivity index (χ4n) is 3.09. The summed E-state index contributed by atoms with van der Waals surface area (Å²) in [5.74, 6) is 0. The molecule has 1 saturated heterocycles. The van der Waals surface area contributed by atoms with Gasteiger partial charge in [0.2, 0.25) is 0 Å². The van der Waals surface area contributed by atoms with Gasteiger partial charge in [0.05, 0.1) is 0 Å². The highest BCUT2D eigenvalue weighted by Gasteiger charge is 2.12. The Balaban J connectivity index is 2.04. The van der Waals surface area contributed by atoms with Crippen molar-refractivity contribution in [1.29, 1.82) is 0 Å². The van der Waals surface area contributed by atoms with E-state index in [1.807, 2.05) is 0 Å². The summed E-state index contributed by atoms with van der Waals surface area (Å²) < 4.78 is 0. The number of nitrogens with zero attached hydrogens (tertiary/aromatic N) is 2. The zero-order valence-corrected chi connectivity index (χ0v) is 16.4. The summed E-state index contributed by atoms with van der Waals surface area (Å²) in [6.45, 7) is 21.2. The average Bonchev–Trinajstić information content (AvgIpc) is 2.62. The largest absolute Gasteiger partial charge is 0.384 e. The molecule has 1 aromatic rings. The molecule has 3 heteroatoms. The molecule has 1 aromatic carbocycles. The van der Waals surface area contributed by atoms with Gasteiger partial charge in [0.15, 0.2) is 0 Å². The number of nitrogens with one attached hydrogen (secondary N) is 1. The van der Waals surface area contributed by atoms with E-state index < -0.39 is 0 Å². The lowest BCUT2D eigenvalue weighted by molar-refractivity contribution is 0.156. The number of allylic oxidation sites excluding steroid dienone is 1. The maximum absolute atomic E-state index is 4.24. The quantitative estimate of drug-likeness (QED) is 0.856. The Morgan fingerprint density at radius 2 is 1.84 bits per heavy atom. The Labute approximate surface area is 153 Å². The number of rotatable bonds is 6. The van der Waals surface area contributed by atoms with Crippen LogP contribution < -0.4 is 15.8 Å². The summed E-state index contributed by atoms with van der Waals surface area (Å²) in [7, 11) is 2.19. The molecule has 0 unspecified atom stereocenters. The molecule has 1 aliphatic rings. The van der Waals surface area contributed by atoms with Gasteiger partial charge in [0.25, 0.3) is 0 Å². The van der Waals surface area contributed by atoms with Crippen LogP contribution in [0, 0.1) is 0 Å². The third-order valence-electron chi connectivity index (χ3n) is 5.12. The molecule has 1 fully saturated rings. The maximum atomic E-state index is 4.24. The average molecular weight is 340 g/mol. The number of benzene rings is 1. The number of likely N-dealkylation sites (N-methyl/N-ethyl adjacent to an activating group) is 1. The van der Waals surface area contributed by atoms with Crippen molar-refractivity contribution in [3.8, 4) is 0 Å². The lowest BCUT2D eigenvalue weighted by Gasteiger charge is -2.32. The highest BCUT2D eigenvalue weighted by Crippen LogP contribution is 2.08. The molecule has 136 valence electrons. The van der Waals surface area contributed by atoms with Crippen LogP contribution in [-0.2, 0) is 0 Å². The van der Waals surface area contributed by atoms with Crippen LogP contribution in [0.3, 0.4) is 0 Å². The number of piperazine rings is 1. The van der Waals surface area contributed by atoms with Crippen LogP contribution >= 0.6 is 0 Å². The van der Waals surface area contributed by atoms with Crippen LogP contribution in [0.2, 0.25) is 0 Å². The van der Waals surface area contributed by atoms with Gasteiger partial charge in [-0.1, -0.05) is 36.9 Å². The molecule has 0 atom stereocenters. The fourth-order valence-corrected chi connectivity index (χ4v) is 3.09. The zero-order chi connectivity index (χ0) is 18.4. The Morgan fingerprint density at radius 1 is 1.16 bits per heavy atom. The van der Waals surface area contributed by atoms with Crippen molar-refractivity contribution >= 4 is 17.3 Å². The fraction of sp³-hybridized carbons (Fsp3) is 0.455. The Bertz CT molecular complexity index is 737. The van der Waals surface area contributed by atoms with E-state index in [1.165, 1.54) is 16.0 Å². The number of hydrogen-bond donors (Lipinski definition) is 1. The van der Waals surface area contributed by atoms with Crippen molar-refractivity contribution in [3.63, 3.8) is 0 Å². The second kappa shape index (κ2) is 9.02. The highest BCUT2D eigenvalue weighted by molar-refractivity contribution is 5.65. The zero-order valence-electron chi connectivity index (χ0n) is 16.4. The van der Waals surface area contributed by atoms with Crippen molar-refractivity contribution in [1.82, 2.24) is 15.1 Å². The third kappa shape index (κ3) is 5.32. The van der Waals surface area contributed by atoms with Crippen molar-refractivity contribution in [2.24, 2.45) is 0 Å². The molecule has 0 amide bonds. The number of hydrogen-bond acceptors (Lipinski definition) is 3. The second-order valence-electron chi connectivity index (χ2n) is 7.05. The van der Waals surface area contributed by atoms with Crippen molar-refractivity contribution in [2.75, 3.05) is 46.3 Å². The second-order valence-corrected chi connectivity index (χ2v) is 7.05. The highest BCUT2D eigenvalue weighted by atomic mass is 15.2. The van der Waals surface area contributed by atoms with Crippen LogP contribution in [0.4, 0.5) is 0 Å². The van der Waals surface area contributed by atoms with E-state index >= 15 is 0 Å². The molecule has 0 spiro atoms. The van der Waals surface area contributed by atoms with Crippen LogP contribution in [0.5, 0.6) is 0 Å². The van der Waals surface area contributed by atoms with E-state index in [1.54, 1.807) is 0 Å². The monoisotopic (exact) mass is 339 g/mol. The van der Waals surface area contributed by atoms with Crippen molar-refractivity contribution < 1.29 is 0 Å².